The number of amides is 1. The Morgan fingerprint density at radius 3 is 2.53 bits per heavy atom. The van der Waals surface area contributed by atoms with Gasteiger partial charge in [-0.25, -0.2) is 0 Å². The first-order valence-electron chi connectivity index (χ1n) is 6.30. The first-order chi connectivity index (χ1) is 9.01. The third-order valence-corrected chi connectivity index (χ3v) is 3.90. The van der Waals surface area contributed by atoms with Crippen molar-refractivity contribution in [3.63, 3.8) is 0 Å². The average Bonchev–Trinajstić information content (AvgIpc) is 2.76. The molecular weight excluding hydrogens is 314 g/mol. The number of carbonyl (C=O) groups excluding carboxylic acids is 1. The molecule has 1 fully saturated rings. The number of furan rings is 1. The smallest absolute Gasteiger partial charge is 0.305 e. The Bertz CT molecular complexity index is 477. The number of carboxylic acid groups (broad SMARTS) is 1. The fourth-order valence-corrected chi connectivity index (χ4v) is 2.91. The molecule has 0 unspecified atom stereocenters. The van der Waals surface area contributed by atoms with Crippen molar-refractivity contribution in [3.8, 4) is 0 Å². The van der Waals surface area contributed by atoms with Crippen LogP contribution in [0.4, 0.5) is 0 Å². The van der Waals surface area contributed by atoms with Gasteiger partial charge in [-0.1, -0.05) is 19.3 Å². The molecule has 0 bridgehead atoms. The molecule has 1 aromatic heterocycles. The summed E-state index contributed by atoms with van der Waals surface area (Å²) in [7, 11) is 0. The van der Waals surface area contributed by atoms with Gasteiger partial charge in [-0.2, -0.15) is 0 Å². The van der Waals surface area contributed by atoms with Gasteiger partial charge in [-0.15, -0.1) is 0 Å². The van der Waals surface area contributed by atoms with E-state index >= 15 is 0 Å². The van der Waals surface area contributed by atoms with Crippen molar-refractivity contribution in [1.82, 2.24) is 5.32 Å². The summed E-state index contributed by atoms with van der Waals surface area (Å²) < 4.78 is 5.67. The first-order valence-corrected chi connectivity index (χ1v) is 7.10. The second-order valence-corrected chi connectivity index (χ2v) is 5.75. The number of hydrogen-bond donors (Lipinski definition) is 2. The molecule has 0 radical (unpaired) electrons. The van der Waals surface area contributed by atoms with E-state index < -0.39 is 11.5 Å². The quantitative estimate of drug-likeness (QED) is 0.889. The number of aliphatic carboxylic acids is 1. The SMILES string of the molecule is O=C(O)CC1(NC(=O)c2ccc(Br)o2)CCCCC1. The van der Waals surface area contributed by atoms with Gasteiger partial charge in [0.2, 0.25) is 0 Å². The first kappa shape index (κ1) is 14.1. The van der Waals surface area contributed by atoms with Crippen LogP contribution in [0.15, 0.2) is 21.2 Å². The molecule has 0 atom stereocenters. The van der Waals surface area contributed by atoms with Crippen LogP contribution in [-0.2, 0) is 4.79 Å². The Kier molecular flexibility index (Phi) is 4.29. The lowest BCUT2D eigenvalue weighted by molar-refractivity contribution is -0.139. The highest BCUT2D eigenvalue weighted by molar-refractivity contribution is 9.10. The third-order valence-electron chi connectivity index (χ3n) is 3.48. The predicted octanol–water partition coefficient (Wildman–Crippen LogP) is 2.95. The molecule has 104 valence electrons. The Labute approximate surface area is 119 Å². The van der Waals surface area contributed by atoms with Gasteiger partial charge in [0.15, 0.2) is 10.4 Å². The van der Waals surface area contributed by atoms with Crippen LogP contribution in [0.5, 0.6) is 0 Å². The van der Waals surface area contributed by atoms with E-state index in [1.165, 1.54) is 0 Å². The van der Waals surface area contributed by atoms with Crippen molar-refractivity contribution in [2.24, 2.45) is 0 Å². The van der Waals surface area contributed by atoms with Crippen LogP contribution in [0.2, 0.25) is 0 Å². The fourth-order valence-electron chi connectivity index (χ4n) is 2.60. The summed E-state index contributed by atoms with van der Waals surface area (Å²) in [6.45, 7) is 0. The maximum Gasteiger partial charge on any atom is 0.305 e. The van der Waals surface area contributed by atoms with Crippen molar-refractivity contribution in [2.75, 3.05) is 0 Å². The van der Waals surface area contributed by atoms with E-state index in [1.807, 2.05) is 0 Å². The van der Waals surface area contributed by atoms with E-state index in [2.05, 4.69) is 21.2 Å². The second kappa shape index (κ2) is 5.77. The summed E-state index contributed by atoms with van der Waals surface area (Å²) in [6.07, 6.45) is 4.33. The van der Waals surface area contributed by atoms with Gasteiger partial charge in [0, 0.05) is 0 Å². The van der Waals surface area contributed by atoms with E-state index in [0.29, 0.717) is 17.5 Å². The standard InChI is InChI=1S/C13H16BrNO4/c14-10-5-4-9(19-10)12(18)15-13(8-11(16)17)6-2-1-3-7-13/h4-5H,1-3,6-8H2,(H,15,18)(H,16,17). The summed E-state index contributed by atoms with van der Waals surface area (Å²) >= 11 is 3.14. The van der Waals surface area contributed by atoms with Crippen LogP contribution in [0, 0.1) is 0 Å². The van der Waals surface area contributed by atoms with Gasteiger partial charge >= 0.3 is 5.97 Å². The number of rotatable bonds is 4. The molecule has 0 saturated heterocycles. The summed E-state index contributed by atoms with van der Waals surface area (Å²) in [5, 5.41) is 11.9. The zero-order chi connectivity index (χ0) is 13.9. The molecule has 0 spiro atoms. The van der Waals surface area contributed by atoms with Crippen LogP contribution >= 0.6 is 15.9 Å². The highest BCUT2D eigenvalue weighted by Crippen LogP contribution is 2.31. The highest BCUT2D eigenvalue weighted by atomic mass is 79.9. The van der Waals surface area contributed by atoms with Crippen molar-refractivity contribution < 1.29 is 19.1 Å². The van der Waals surface area contributed by atoms with E-state index in [9.17, 15) is 9.59 Å². The molecule has 2 N–H and O–H groups in total. The highest BCUT2D eigenvalue weighted by Gasteiger charge is 2.36. The van der Waals surface area contributed by atoms with E-state index in [4.69, 9.17) is 9.52 Å². The van der Waals surface area contributed by atoms with Gasteiger partial charge in [-0.3, -0.25) is 9.59 Å². The van der Waals surface area contributed by atoms with E-state index in [1.54, 1.807) is 12.1 Å². The molecule has 5 nitrogen and oxygen atoms in total. The molecule has 1 aliphatic carbocycles. The number of carbonyl (C=O) groups is 2. The van der Waals surface area contributed by atoms with Crippen LogP contribution < -0.4 is 5.32 Å². The third kappa shape index (κ3) is 3.59. The lowest BCUT2D eigenvalue weighted by atomic mass is 9.79. The largest absolute Gasteiger partial charge is 0.481 e. The second-order valence-electron chi connectivity index (χ2n) is 4.97. The normalized spacial score (nSPS) is 17.9. The summed E-state index contributed by atoms with van der Waals surface area (Å²) in [5.41, 5.74) is -0.638. The van der Waals surface area contributed by atoms with Crippen LogP contribution in [0.1, 0.15) is 49.1 Å². The summed E-state index contributed by atoms with van der Waals surface area (Å²) in [5.74, 6) is -1.04. The number of halogens is 1. The Morgan fingerprint density at radius 1 is 1.32 bits per heavy atom. The molecule has 1 aromatic rings. The Morgan fingerprint density at radius 2 is 2.00 bits per heavy atom. The predicted molar refractivity (Wildman–Crippen MR) is 71.9 cm³/mol. The van der Waals surface area contributed by atoms with Crippen LogP contribution in [-0.4, -0.2) is 22.5 Å². The topological polar surface area (TPSA) is 79.5 Å². The molecule has 0 aromatic carbocycles. The zero-order valence-electron chi connectivity index (χ0n) is 10.4. The Hall–Kier alpha value is -1.30. The monoisotopic (exact) mass is 329 g/mol. The molecule has 1 heterocycles. The summed E-state index contributed by atoms with van der Waals surface area (Å²) in [4.78, 5) is 23.1. The van der Waals surface area contributed by atoms with Gasteiger partial charge in [0.05, 0.1) is 12.0 Å². The van der Waals surface area contributed by atoms with Crippen LogP contribution in [0.25, 0.3) is 0 Å². The van der Waals surface area contributed by atoms with Crippen molar-refractivity contribution in [3.05, 3.63) is 22.6 Å². The minimum absolute atomic E-state index is 0.0411. The van der Waals surface area contributed by atoms with Gasteiger partial charge in [0.25, 0.3) is 5.91 Å². The minimum Gasteiger partial charge on any atom is -0.481 e. The number of nitrogens with one attached hydrogen (secondary N) is 1. The molecule has 1 aliphatic rings. The van der Waals surface area contributed by atoms with E-state index in [0.717, 1.165) is 19.3 Å². The molecule has 0 aliphatic heterocycles. The van der Waals surface area contributed by atoms with Gasteiger partial charge in [-0.05, 0) is 40.9 Å². The van der Waals surface area contributed by atoms with Gasteiger partial charge in [0.1, 0.15) is 0 Å². The zero-order valence-corrected chi connectivity index (χ0v) is 12.0. The van der Waals surface area contributed by atoms with Crippen LogP contribution in [0.3, 0.4) is 0 Å². The maximum atomic E-state index is 12.1. The lowest BCUT2D eigenvalue weighted by Gasteiger charge is -2.36. The van der Waals surface area contributed by atoms with E-state index in [-0.39, 0.29) is 18.1 Å². The maximum absolute atomic E-state index is 12.1. The molecular formula is C13H16BrNO4. The summed E-state index contributed by atoms with van der Waals surface area (Å²) in [6, 6.07) is 3.20. The number of carboxylic acids is 1. The fraction of sp³-hybridized carbons (Fsp3) is 0.538. The molecule has 2 rings (SSSR count). The minimum atomic E-state index is -0.886. The van der Waals surface area contributed by atoms with Crippen molar-refractivity contribution in [2.45, 2.75) is 44.1 Å². The molecule has 1 saturated carbocycles. The molecule has 19 heavy (non-hydrogen) atoms. The Balaban J connectivity index is 2.11. The average molecular weight is 330 g/mol. The molecule has 6 heteroatoms. The van der Waals surface area contributed by atoms with Crippen molar-refractivity contribution >= 4 is 27.8 Å². The lowest BCUT2D eigenvalue weighted by Crippen LogP contribution is -2.51. The van der Waals surface area contributed by atoms with Crippen molar-refractivity contribution in [1.29, 1.82) is 0 Å². The molecule has 1 amide bonds. The number of hydrogen-bond acceptors (Lipinski definition) is 3. The van der Waals surface area contributed by atoms with Gasteiger partial charge < -0.3 is 14.8 Å².